The maximum absolute atomic E-state index is 3.20. The molecule has 2 nitrogen and oxygen atoms in total. The molecular weight excluding hydrogens is 156 g/mol. The molecule has 0 unspecified atom stereocenters. The molecule has 2 rings (SSSR count). The van der Waals surface area contributed by atoms with E-state index in [-0.39, 0.29) is 0 Å². The van der Waals surface area contributed by atoms with Crippen LogP contribution in [0.15, 0.2) is 35.0 Å². The molecule has 3 heteroatoms. The van der Waals surface area contributed by atoms with E-state index in [1.165, 1.54) is 5.03 Å². The zero-order valence-electron chi connectivity index (χ0n) is 6.16. The summed E-state index contributed by atoms with van der Waals surface area (Å²) in [6.45, 7) is 2.07. The predicted octanol–water partition coefficient (Wildman–Crippen LogP) is 1.65. The lowest BCUT2D eigenvalue weighted by atomic mass is 10.6. The first-order valence-corrected chi connectivity index (χ1v) is 4.55. The van der Waals surface area contributed by atoms with Gasteiger partial charge in [0, 0.05) is 25.5 Å². The van der Waals surface area contributed by atoms with Gasteiger partial charge in [0.2, 0.25) is 0 Å². The predicted molar refractivity (Wildman–Crippen MR) is 47.4 cm³/mol. The fraction of sp³-hybridized carbons (Fsp3) is 0.250. The van der Waals surface area contributed by atoms with Gasteiger partial charge in [-0.25, -0.2) is 0 Å². The van der Waals surface area contributed by atoms with Crippen molar-refractivity contribution in [2.24, 2.45) is 0 Å². The molecule has 0 radical (unpaired) electrons. The van der Waals surface area contributed by atoms with E-state index < -0.39 is 0 Å². The van der Waals surface area contributed by atoms with Gasteiger partial charge in [-0.05, 0) is 17.5 Å². The van der Waals surface area contributed by atoms with Crippen molar-refractivity contribution in [3.63, 3.8) is 0 Å². The summed E-state index contributed by atoms with van der Waals surface area (Å²) in [6, 6.07) is 4.22. The molecule has 2 heterocycles. The van der Waals surface area contributed by atoms with Crippen LogP contribution in [0.5, 0.6) is 0 Å². The maximum atomic E-state index is 3.20. The minimum Gasteiger partial charge on any atom is -0.389 e. The van der Waals surface area contributed by atoms with Crippen LogP contribution >= 0.6 is 11.8 Å². The molecule has 0 aromatic carbocycles. The molecule has 58 valence electrons. The van der Waals surface area contributed by atoms with E-state index in [1.807, 2.05) is 6.20 Å². The van der Waals surface area contributed by atoms with Crippen LogP contribution in [0, 0.1) is 0 Å². The molecule has 0 atom stereocenters. The number of aromatic nitrogens is 1. The Kier molecular flexibility index (Phi) is 1.90. The SMILES string of the molecule is C1=C\Sc2cccn2CCN/1. The van der Waals surface area contributed by atoms with Gasteiger partial charge in [0.25, 0.3) is 0 Å². The molecule has 0 spiro atoms. The quantitative estimate of drug-likeness (QED) is 0.631. The summed E-state index contributed by atoms with van der Waals surface area (Å²) >= 11 is 1.75. The molecule has 1 aromatic heterocycles. The summed E-state index contributed by atoms with van der Waals surface area (Å²) in [7, 11) is 0. The highest BCUT2D eigenvalue weighted by Crippen LogP contribution is 2.20. The van der Waals surface area contributed by atoms with Gasteiger partial charge in [0.15, 0.2) is 0 Å². The Morgan fingerprint density at radius 2 is 2.55 bits per heavy atom. The fourth-order valence-corrected chi connectivity index (χ4v) is 1.86. The zero-order valence-corrected chi connectivity index (χ0v) is 6.97. The summed E-state index contributed by atoms with van der Waals surface area (Å²) in [5.41, 5.74) is 0. The fourth-order valence-electron chi connectivity index (χ4n) is 1.11. The first-order valence-electron chi connectivity index (χ1n) is 3.67. The van der Waals surface area contributed by atoms with E-state index in [1.54, 1.807) is 11.8 Å². The lowest BCUT2D eigenvalue weighted by molar-refractivity contribution is 0.622. The summed E-state index contributed by atoms with van der Waals surface area (Å²) in [6.07, 6.45) is 4.12. The summed E-state index contributed by atoms with van der Waals surface area (Å²) in [5.74, 6) is 0. The van der Waals surface area contributed by atoms with Crippen LogP contribution in [-0.4, -0.2) is 11.1 Å². The molecule has 1 aliphatic rings. The van der Waals surface area contributed by atoms with E-state index in [4.69, 9.17) is 0 Å². The van der Waals surface area contributed by atoms with Gasteiger partial charge in [0.1, 0.15) is 0 Å². The Hall–Kier alpha value is -0.830. The second-order valence-electron chi connectivity index (χ2n) is 2.41. The van der Waals surface area contributed by atoms with Crippen molar-refractivity contribution in [2.75, 3.05) is 6.54 Å². The molecule has 0 amide bonds. The lowest BCUT2D eigenvalue weighted by Crippen LogP contribution is -2.15. The van der Waals surface area contributed by atoms with Gasteiger partial charge >= 0.3 is 0 Å². The van der Waals surface area contributed by atoms with Crippen molar-refractivity contribution in [1.82, 2.24) is 9.88 Å². The van der Waals surface area contributed by atoms with Crippen LogP contribution in [0.25, 0.3) is 0 Å². The van der Waals surface area contributed by atoms with Crippen molar-refractivity contribution in [3.8, 4) is 0 Å². The molecule has 1 aliphatic heterocycles. The van der Waals surface area contributed by atoms with Crippen molar-refractivity contribution in [3.05, 3.63) is 29.9 Å². The van der Waals surface area contributed by atoms with E-state index in [2.05, 4.69) is 33.6 Å². The van der Waals surface area contributed by atoms with Gasteiger partial charge in [-0.15, -0.1) is 0 Å². The zero-order chi connectivity index (χ0) is 7.52. The number of thioether (sulfide) groups is 1. The van der Waals surface area contributed by atoms with Crippen molar-refractivity contribution < 1.29 is 0 Å². The molecule has 0 fully saturated rings. The van der Waals surface area contributed by atoms with E-state index >= 15 is 0 Å². The molecule has 0 saturated carbocycles. The van der Waals surface area contributed by atoms with Gasteiger partial charge in [-0.3, -0.25) is 0 Å². The van der Waals surface area contributed by atoms with E-state index in [9.17, 15) is 0 Å². The van der Waals surface area contributed by atoms with Crippen LogP contribution in [-0.2, 0) is 6.54 Å². The van der Waals surface area contributed by atoms with Crippen molar-refractivity contribution in [1.29, 1.82) is 0 Å². The third kappa shape index (κ3) is 1.43. The van der Waals surface area contributed by atoms with Gasteiger partial charge < -0.3 is 9.88 Å². The second-order valence-corrected chi connectivity index (χ2v) is 3.34. The third-order valence-corrected chi connectivity index (χ3v) is 2.54. The Morgan fingerprint density at radius 3 is 3.55 bits per heavy atom. The summed E-state index contributed by atoms with van der Waals surface area (Å²) in [5, 5.41) is 6.59. The number of nitrogens with zero attached hydrogens (tertiary/aromatic N) is 1. The first-order chi connectivity index (χ1) is 5.47. The van der Waals surface area contributed by atoms with Crippen LogP contribution in [0.1, 0.15) is 0 Å². The lowest BCUT2D eigenvalue weighted by Gasteiger charge is -2.09. The number of nitrogens with one attached hydrogen (secondary N) is 1. The Balaban J connectivity index is 2.27. The standard InChI is InChI=1S/C8H10N2S/c1-2-8-10(5-1)6-3-9-4-7-11-8/h1-2,4-5,7,9H,3,6H2/b7-4-. The average Bonchev–Trinajstić information content (AvgIpc) is 2.35. The highest BCUT2D eigenvalue weighted by atomic mass is 32.2. The largest absolute Gasteiger partial charge is 0.389 e. The van der Waals surface area contributed by atoms with Crippen LogP contribution < -0.4 is 5.32 Å². The molecule has 0 saturated heterocycles. The average molecular weight is 166 g/mol. The topological polar surface area (TPSA) is 17.0 Å². The van der Waals surface area contributed by atoms with Crippen molar-refractivity contribution in [2.45, 2.75) is 11.6 Å². The normalized spacial score (nSPS) is 19.3. The highest BCUT2D eigenvalue weighted by Gasteiger charge is 1.99. The second kappa shape index (κ2) is 3.05. The molecular formula is C8H10N2S. The molecule has 0 bridgehead atoms. The van der Waals surface area contributed by atoms with Crippen LogP contribution in [0.4, 0.5) is 0 Å². The highest BCUT2D eigenvalue weighted by molar-refractivity contribution is 8.02. The van der Waals surface area contributed by atoms with E-state index in [0.717, 1.165) is 13.1 Å². The molecule has 1 aromatic rings. The Labute approximate surface area is 70.3 Å². The Morgan fingerprint density at radius 1 is 1.55 bits per heavy atom. The summed E-state index contributed by atoms with van der Waals surface area (Å²) in [4.78, 5) is 0. The van der Waals surface area contributed by atoms with Crippen LogP contribution in [0.2, 0.25) is 0 Å². The van der Waals surface area contributed by atoms with Gasteiger partial charge in [0.05, 0.1) is 5.03 Å². The van der Waals surface area contributed by atoms with Gasteiger partial charge in [-0.1, -0.05) is 11.8 Å². The minimum atomic E-state index is 1.01. The van der Waals surface area contributed by atoms with Gasteiger partial charge in [-0.2, -0.15) is 0 Å². The maximum Gasteiger partial charge on any atom is 0.0791 e. The molecule has 11 heavy (non-hydrogen) atoms. The smallest absolute Gasteiger partial charge is 0.0791 e. The van der Waals surface area contributed by atoms with E-state index in [0.29, 0.717) is 0 Å². The number of fused-ring (bicyclic) bond motifs is 1. The Bertz CT molecular complexity index is 265. The number of hydrogen-bond acceptors (Lipinski definition) is 2. The third-order valence-electron chi connectivity index (χ3n) is 1.66. The van der Waals surface area contributed by atoms with Crippen molar-refractivity contribution >= 4 is 11.8 Å². The monoisotopic (exact) mass is 166 g/mol. The molecule has 1 N–H and O–H groups in total. The summed E-state index contributed by atoms with van der Waals surface area (Å²) < 4.78 is 2.25. The first kappa shape index (κ1) is 6.85. The molecule has 0 aliphatic carbocycles. The minimum absolute atomic E-state index is 1.01. The number of hydrogen-bond donors (Lipinski definition) is 1. The number of rotatable bonds is 0. The van der Waals surface area contributed by atoms with Crippen LogP contribution in [0.3, 0.4) is 0 Å².